The fourth-order valence-electron chi connectivity index (χ4n) is 1.90. The summed E-state index contributed by atoms with van der Waals surface area (Å²) in [4.78, 5) is 9.37. The molecule has 2 rings (SSSR count). The minimum Gasteiger partial charge on any atom is -0.497 e. The summed E-state index contributed by atoms with van der Waals surface area (Å²) >= 11 is 0. The summed E-state index contributed by atoms with van der Waals surface area (Å²) in [6.45, 7) is 4.73. The molecule has 0 radical (unpaired) electrons. The van der Waals surface area contributed by atoms with Crippen molar-refractivity contribution in [1.82, 2.24) is 0 Å². The molecular weight excluding hydrogens is 216 g/mol. The first kappa shape index (κ1) is 11.7. The molecule has 1 aromatic carbocycles. The van der Waals surface area contributed by atoms with Crippen LogP contribution in [0.4, 0.5) is 0 Å². The highest BCUT2D eigenvalue weighted by Crippen LogP contribution is 2.36. The van der Waals surface area contributed by atoms with Crippen molar-refractivity contribution in [2.45, 2.75) is 13.8 Å². The third-order valence-corrected chi connectivity index (χ3v) is 2.78. The molecule has 3 nitrogen and oxygen atoms in total. The molecule has 1 aliphatic rings. The Kier molecular flexibility index (Phi) is 2.92. The van der Waals surface area contributed by atoms with Crippen LogP contribution in [0.25, 0.3) is 5.57 Å². The van der Waals surface area contributed by atoms with Crippen LogP contribution in [0.3, 0.4) is 0 Å². The van der Waals surface area contributed by atoms with Crippen LogP contribution in [0.2, 0.25) is 0 Å². The number of methoxy groups -OCH3 is 1. The number of carbonyl (C=O) groups excluding carboxylic acids is 1. The van der Waals surface area contributed by atoms with E-state index in [-0.39, 0.29) is 5.41 Å². The summed E-state index contributed by atoms with van der Waals surface area (Å²) in [6, 6.07) is 5.59. The molecule has 1 aromatic rings. The Labute approximate surface area is 101 Å². The van der Waals surface area contributed by atoms with E-state index in [1.807, 2.05) is 24.3 Å². The van der Waals surface area contributed by atoms with E-state index in [4.69, 9.17) is 9.47 Å². The van der Waals surface area contributed by atoms with Crippen molar-refractivity contribution < 1.29 is 14.3 Å². The summed E-state index contributed by atoms with van der Waals surface area (Å²) in [5, 5.41) is 0. The van der Waals surface area contributed by atoms with Crippen molar-refractivity contribution in [3.8, 4) is 11.5 Å². The predicted molar refractivity (Wildman–Crippen MR) is 68.2 cm³/mol. The minimum atomic E-state index is -0.110. The fourth-order valence-corrected chi connectivity index (χ4v) is 1.90. The van der Waals surface area contributed by atoms with E-state index in [9.17, 15) is 4.79 Å². The Morgan fingerprint density at radius 3 is 2.82 bits per heavy atom. The lowest BCUT2D eigenvalue weighted by molar-refractivity contribution is 0.224. The van der Waals surface area contributed by atoms with Crippen molar-refractivity contribution in [1.29, 1.82) is 0 Å². The van der Waals surface area contributed by atoms with Gasteiger partial charge in [-0.1, -0.05) is 19.9 Å². The maximum atomic E-state index is 9.37. The highest BCUT2D eigenvalue weighted by atomic mass is 16.5. The topological polar surface area (TPSA) is 39.9 Å². The number of benzene rings is 1. The Balaban J connectivity index is 2.56. The number of ether oxygens (including phenoxy) is 2. The Morgan fingerprint density at radius 1 is 1.41 bits per heavy atom. The lowest BCUT2D eigenvalue weighted by Crippen LogP contribution is -2.17. The van der Waals surface area contributed by atoms with Gasteiger partial charge in [0.05, 0.1) is 19.3 Å². The second-order valence-corrected chi connectivity index (χ2v) is 4.87. The summed E-state index contributed by atoms with van der Waals surface area (Å²) in [5.41, 5.74) is 1.51. The molecule has 1 heterocycles. The normalized spacial score (nSPS) is 17.2. The number of fused-ring (bicyclic) bond motifs is 1. The van der Waals surface area contributed by atoms with E-state index < -0.39 is 0 Å². The van der Waals surface area contributed by atoms with Crippen molar-refractivity contribution in [2.75, 3.05) is 13.7 Å². The predicted octanol–water partition coefficient (Wildman–Crippen LogP) is 2.67. The fraction of sp³-hybridized carbons (Fsp3) is 0.357. The number of hydrogen-bond donors (Lipinski definition) is 0. The van der Waals surface area contributed by atoms with Gasteiger partial charge in [-0.3, -0.25) is 4.79 Å². The van der Waals surface area contributed by atoms with E-state index in [2.05, 4.69) is 13.8 Å². The van der Waals surface area contributed by atoms with Gasteiger partial charge in [-0.25, -0.2) is 0 Å². The molecule has 1 aliphatic heterocycles. The molecule has 17 heavy (non-hydrogen) atoms. The number of rotatable bonds is 2. The first-order valence-electron chi connectivity index (χ1n) is 5.57. The third-order valence-electron chi connectivity index (χ3n) is 2.78. The molecule has 0 bridgehead atoms. The highest BCUT2D eigenvalue weighted by Gasteiger charge is 2.25. The first-order valence-corrected chi connectivity index (χ1v) is 5.57. The quantitative estimate of drug-likeness (QED) is 0.582. The zero-order valence-corrected chi connectivity index (χ0v) is 10.4. The summed E-state index contributed by atoms with van der Waals surface area (Å²) < 4.78 is 10.9. The molecule has 0 fully saturated rings. The monoisotopic (exact) mass is 233 g/mol. The molecular formula is C14H17O3+. The largest absolute Gasteiger partial charge is 0.497 e. The molecule has 90 valence electrons. The van der Waals surface area contributed by atoms with Gasteiger partial charge in [0.2, 0.25) is 0 Å². The van der Waals surface area contributed by atoms with Crippen LogP contribution < -0.4 is 9.47 Å². The lowest BCUT2D eigenvalue weighted by Gasteiger charge is -2.18. The van der Waals surface area contributed by atoms with Gasteiger partial charge in [0, 0.05) is 11.0 Å². The van der Waals surface area contributed by atoms with E-state index in [0.717, 1.165) is 28.9 Å². The highest BCUT2D eigenvalue weighted by molar-refractivity contribution is 6.09. The summed E-state index contributed by atoms with van der Waals surface area (Å²) in [5.74, 6) is 1.52. The van der Waals surface area contributed by atoms with E-state index >= 15 is 0 Å². The third kappa shape index (κ3) is 2.33. The summed E-state index contributed by atoms with van der Waals surface area (Å²) in [7, 11) is 1.62. The maximum absolute atomic E-state index is 9.37. The molecule has 0 unspecified atom stereocenters. The van der Waals surface area contributed by atoms with Crippen molar-refractivity contribution in [2.24, 2.45) is 5.41 Å². The lowest BCUT2D eigenvalue weighted by atomic mass is 9.91. The smallest absolute Gasteiger partial charge is 0.312 e. The van der Waals surface area contributed by atoms with E-state index in [0.29, 0.717) is 6.61 Å². The molecule has 0 saturated carbocycles. The van der Waals surface area contributed by atoms with Crippen LogP contribution >= 0.6 is 0 Å². The second kappa shape index (κ2) is 4.24. The van der Waals surface area contributed by atoms with Crippen molar-refractivity contribution in [3.63, 3.8) is 0 Å². The van der Waals surface area contributed by atoms with Crippen LogP contribution in [0.1, 0.15) is 19.4 Å². The average Bonchev–Trinajstić information content (AvgIpc) is 2.45. The van der Waals surface area contributed by atoms with Crippen LogP contribution in [-0.2, 0) is 0 Å². The molecule has 1 N–H and O–H groups in total. The minimum absolute atomic E-state index is 0.110. The van der Waals surface area contributed by atoms with Gasteiger partial charge >= 0.3 is 6.29 Å². The van der Waals surface area contributed by atoms with Gasteiger partial charge in [-0.05, 0) is 18.2 Å². The Hall–Kier alpha value is -1.77. The van der Waals surface area contributed by atoms with Gasteiger partial charge in [0.25, 0.3) is 0 Å². The second-order valence-electron chi connectivity index (χ2n) is 4.87. The van der Waals surface area contributed by atoms with Crippen LogP contribution in [0.15, 0.2) is 24.3 Å². The van der Waals surface area contributed by atoms with Gasteiger partial charge in [-0.15, -0.1) is 0 Å². The van der Waals surface area contributed by atoms with Gasteiger partial charge < -0.3 is 9.47 Å². The number of allylic oxidation sites excluding steroid dienone is 1. The van der Waals surface area contributed by atoms with E-state index in [1.165, 1.54) is 0 Å². The van der Waals surface area contributed by atoms with Crippen molar-refractivity contribution in [3.05, 3.63) is 29.8 Å². The molecule has 0 saturated heterocycles. The number of aldehydes is 1. The Morgan fingerprint density at radius 2 is 2.18 bits per heavy atom. The van der Waals surface area contributed by atoms with Crippen LogP contribution in [0, 0.1) is 5.41 Å². The molecule has 0 spiro atoms. The van der Waals surface area contributed by atoms with Gasteiger partial charge in [0.1, 0.15) is 11.5 Å². The maximum Gasteiger partial charge on any atom is 0.312 e. The summed E-state index contributed by atoms with van der Waals surface area (Å²) in [6.07, 6.45) is 3.13. The molecule has 0 aromatic heterocycles. The van der Waals surface area contributed by atoms with Gasteiger partial charge in [-0.2, -0.15) is 0 Å². The van der Waals surface area contributed by atoms with E-state index in [1.54, 1.807) is 7.11 Å². The molecule has 3 heteroatoms. The Bertz CT molecular complexity index is 472. The zero-order valence-electron chi connectivity index (χ0n) is 10.4. The average molecular weight is 233 g/mol. The first-order chi connectivity index (χ1) is 8.05. The molecule has 0 amide bonds. The molecule has 0 atom stereocenters. The van der Waals surface area contributed by atoms with Crippen molar-refractivity contribution >= 4 is 11.9 Å². The number of hydrogen-bond acceptors (Lipinski definition) is 2. The van der Waals surface area contributed by atoms with Crippen LogP contribution in [-0.4, -0.2) is 24.8 Å². The van der Waals surface area contributed by atoms with Gasteiger partial charge in [0.15, 0.2) is 0 Å². The van der Waals surface area contributed by atoms with Crippen LogP contribution in [0.5, 0.6) is 11.5 Å². The standard InChI is InChI=1S/C14H16O3/c1-14(2)7-10(8-15)12-6-11(16-3)4-5-13(12)17-9-14/h4-8H,9H2,1-3H3/p+1. The SMILES string of the molecule is COc1ccc2c(c1)C(C=[OH+])=CC(C)(C)CO2. The zero-order chi connectivity index (χ0) is 12.5. The molecule has 0 aliphatic carbocycles.